The summed E-state index contributed by atoms with van der Waals surface area (Å²) in [6.45, 7) is 6.65. The Morgan fingerprint density at radius 3 is 2.67 bits per heavy atom. The lowest BCUT2D eigenvalue weighted by Crippen LogP contribution is -2.04. The van der Waals surface area contributed by atoms with Crippen molar-refractivity contribution in [3.63, 3.8) is 0 Å². The largest absolute Gasteiger partial charge is 0.504 e. The quantitative estimate of drug-likeness (QED) is 0.751. The Morgan fingerprint density at radius 2 is 1.96 bits per heavy atom. The zero-order chi connectivity index (χ0) is 17.1. The molecule has 5 nitrogen and oxygen atoms in total. The second-order valence-corrected chi connectivity index (χ2v) is 6.13. The molecule has 0 atom stereocenters. The highest BCUT2D eigenvalue weighted by Crippen LogP contribution is 2.32. The molecule has 124 valence electrons. The number of phenols is 1. The van der Waals surface area contributed by atoms with Gasteiger partial charge in [-0.2, -0.15) is 4.98 Å². The predicted molar refractivity (Wildman–Crippen MR) is 91.9 cm³/mol. The maximum absolute atomic E-state index is 10.1. The van der Waals surface area contributed by atoms with Crippen molar-refractivity contribution < 1.29 is 14.4 Å². The molecule has 0 spiro atoms. The van der Waals surface area contributed by atoms with Crippen LogP contribution in [0.5, 0.6) is 11.5 Å². The Hall–Kier alpha value is -2.82. The Kier molecular flexibility index (Phi) is 4.51. The van der Waals surface area contributed by atoms with Crippen molar-refractivity contribution in [1.29, 1.82) is 0 Å². The molecule has 3 rings (SSSR count). The average Bonchev–Trinajstić information content (AvgIpc) is 3.03. The fourth-order valence-corrected chi connectivity index (χ4v) is 2.30. The smallest absolute Gasteiger partial charge is 0.258 e. The van der Waals surface area contributed by atoms with Crippen molar-refractivity contribution in [2.24, 2.45) is 5.92 Å². The number of aromatic hydroxyl groups is 1. The second-order valence-electron chi connectivity index (χ2n) is 6.13. The minimum atomic E-state index is 0.0652. The van der Waals surface area contributed by atoms with Crippen LogP contribution < -0.4 is 4.74 Å². The predicted octanol–water partition coefficient (Wildman–Crippen LogP) is 4.45. The summed E-state index contributed by atoms with van der Waals surface area (Å²) in [4.78, 5) is 4.43. The molecule has 0 radical (unpaired) electrons. The van der Waals surface area contributed by atoms with Crippen molar-refractivity contribution in [3.05, 3.63) is 48.0 Å². The first-order valence-electron chi connectivity index (χ1n) is 7.90. The number of hydrogen-bond donors (Lipinski definition) is 1. The van der Waals surface area contributed by atoms with Crippen LogP contribution in [0, 0.1) is 12.8 Å². The maximum Gasteiger partial charge on any atom is 0.258 e. The van der Waals surface area contributed by atoms with Crippen molar-refractivity contribution in [2.45, 2.75) is 20.8 Å². The van der Waals surface area contributed by atoms with Gasteiger partial charge in [0, 0.05) is 11.1 Å². The maximum atomic E-state index is 10.1. The summed E-state index contributed by atoms with van der Waals surface area (Å²) >= 11 is 0. The first kappa shape index (κ1) is 16.1. The molecule has 1 aromatic heterocycles. The molecule has 1 N–H and O–H groups in total. The van der Waals surface area contributed by atoms with Gasteiger partial charge in [-0.1, -0.05) is 37.2 Å². The minimum absolute atomic E-state index is 0.0652. The summed E-state index contributed by atoms with van der Waals surface area (Å²) in [5.74, 6) is 1.80. The van der Waals surface area contributed by atoms with E-state index in [0.717, 1.165) is 11.1 Å². The van der Waals surface area contributed by atoms with Crippen molar-refractivity contribution >= 4 is 0 Å². The van der Waals surface area contributed by atoms with E-state index in [1.807, 2.05) is 37.3 Å². The lowest BCUT2D eigenvalue weighted by atomic mass is 10.1. The Balaban J connectivity index is 1.85. The number of aryl methyl sites for hydroxylation is 1. The third kappa shape index (κ3) is 3.40. The molecule has 0 fully saturated rings. The minimum Gasteiger partial charge on any atom is -0.504 e. The zero-order valence-electron chi connectivity index (χ0n) is 14.0. The molecule has 0 bridgehead atoms. The SMILES string of the molecule is Cc1ccccc1-c1nc(-c2ccc(OCC(C)C)c(O)c2)no1. The van der Waals surface area contributed by atoms with Crippen LogP contribution in [0.25, 0.3) is 22.8 Å². The van der Waals surface area contributed by atoms with E-state index < -0.39 is 0 Å². The van der Waals surface area contributed by atoms with Crippen LogP contribution >= 0.6 is 0 Å². The van der Waals surface area contributed by atoms with Gasteiger partial charge in [0.05, 0.1) is 6.61 Å². The molecule has 0 aliphatic rings. The number of benzene rings is 2. The third-order valence-corrected chi connectivity index (χ3v) is 3.59. The van der Waals surface area contributed by atoms with E-state index in [2.05, 4.69) is 24.0 Å². The first-order valence-corrected chi connectivity index (χ1v) is 7.90. The van der Waals surface area contributed by atoms with Gasteiger partial charge < -0.3 is 14.4 Å². The molecule has 1 heterocycles. The van der Waals surface area contributed by atoms with E-state index in [4.69, 9.17) is 9.26 Å². The van der Waals surface area contributed by atoms with Gasteiger partial charge in [0.2, 0.25) is 5.82 Å². The van der Waals surface area contributed by atoms with Crippen LogP contribution in [0.3, 0.4) is 0 Å². The van der Waals surface area contributed by atoms with E-state index in [1.54, 1.807) is 12.1 Å². The van der Waals surface area contributed by atoms with Gasteiger partial charge in [0.15, 0.2) is 11.5 Å². The highest BCUT2D eigenvalue weighted by atomic mass is 16.5. The van der Waals surface area contributed by atoms with Gasteiger partial charge in [0.25, 0.3) is 5.89 Å². The van der Waals surface area contributed by atoms with Crippen LogP contribution in [0.1, 0.15) is 19.4 Å². The number of rotatable bonds is 5. The van der Waals surface area contributed by atoms with E-state index in [9.17, 15) is 5.11 Å². The number of phenolic OH excluding ortho intramolecular Hbond substituents is 1. The lowest BCUT2D eigenvalue weighted by molar-refractivity contribution is 0.259. The normalized spacial score (nSPS) is 11.0. The standard InChI is InChI=1S/C19H20N2O3/c1-12(2)11-23-17-9-8-14(10-16(17)22)18-20-19(24-21-18)15-7-5-4-6-13(15)3/h4-10,12,22H,11H2,1-3H3. The molecule has 3 aromatic rings. The molecule has 2 aromatic carbocycles. The summed E-state index contributed by atoms with van der Waals surface area (Å²) in [6, 6.07) is 12.9. The summed E-state index contributed by atoms with van der Waals surface area (Å²) in [5, 5.41) is 14.1. The number of aromatic nitrogens is 2. The van der Waals surface area contributed by atoms with Crippen molar-refractivity contribution in [1.82, 2.24) is 10.1 Å². The van der Waals surface area contributed by atoms with Gasteiger partial charge in [-0.15, -0.1) is 0 Å². The molecule has 0 unspecified atom stereocenters. The summed E-state index contributed by atoms with van der Waals surface area (Å²) in [5.41, 5.74) is 2.64. The molecule has 0 aliphatic heterocycles. The van der Waals surface area contributed by atoms with E-state index in [-0.39, 0.29) is 5.75 Å². The second kappa shape index (κ2) is 6.74. The topological polar surface area (TPSA) is 68.4 Å². The molecule has 0 saturated heterocycles. The van der Waals surface area contributed by atoms with Crippen LogP contribution in [-0.4, -0.2) is 21.9 Å². The van der Waals surface area contributed by atoms with Crippen LogP contribution in [0.4, 0.5) is 0 Å². The summed E-state index contributed by atoms with van der Waals surface area (Å²) in [7, 11) is 0. The number of ether oxygens (including phenoxy) is 1. The van der Waals surface area contributed by atoms with Crippen LogP contribution in [-0.2, 0) is 0 Å². The van der Waals surface area contributed by atoms with Gasteiger partial charge >= 0.3 is 0 Å². The van der Waals surface area contributed by atoms with E-state index in [1.165, 1.54) is 0 Å². The average molecular weight is 324 g/mol. The molecule has 0 saturated carbocycles. The van der Waals surface area contributed by atoms with E-state index in [0.29, 0.717) is 35.6 Å². The number of nitrogens with zero attached hydrogens (tertiary/aromatic N) is 2. The molecule has 24 heavy (non-hydrogen) atoms. The molecule has 5 heteroatoms. The molecule has 0 aliphatic carbocycles. The Bertz CT molecular complexity index is 840. The van der Waals surface area contributed by atoms with Gasteiger partial charge in [-0.25, -0.2) is 0 Å². The molecular formula is C19H20N2O3. The van der Waals surface area contributed by atoms with Crippen molar-refractivity contribution in [3.8, 4) is 34.3 Å². The van der Waals surface area contributed by atoms with Crippen LogP contribution in [0.2, 0.25) is 0 Å². The first-order chi connectivity index (χ1) is 11.5. The third-order valence-electron chi connectivity index (χ3n) is 3.59. The zero-order valence-corrected chi connectivity index (χ0v) is 14.0. The summed E-state index contributed by atoms with van der Waals surface area (Å²) in [6.07, 6.45) is 0. The molecular weight excluding hydrogens is 304 g/mol. The Labute approximate surface area is 140 Å². The van der Waals surface area contributed by atoms with Crippen LogP contribution in [0.15, 0.2) is 47.0 Å². The van der Waals surface area contributed by atoms with Crippen molar-refractivity contribution in [2.75, 3.05) is 6.61 Å². The van der Waals surface area contributed by atoms with Gasteiger partial charge in [0.1, 0.15) is 0 Å². The monoisotopic (exact) mass is 324 g/mol. The Morgan fingerprint density at radius 1 is 1.17 bits per heavy atom. The van der Waals surface area contributed by atoms with Gasteiger partial charge in [-0.3, -0.25) is 0 Å². The summed E-state index contributed by atoms with van der Waals surface area (Å²) < 4.78 is 10.9. The van der Waals surface area contributed by atoms with E-state index >= 15 is 0 Å². The van der Waals surface area contributed by atoms with Gasteiger partial charge in [-0.05, 0) is 42.7 Å². The number of hydrogen-bond acceptors (Lipinski definition) is 5. The highest BCUT2D eigenvalue weighted by Gasteiger charge is 2.14. The molecule has 0 amide bonds. The fraction of sp³-hybridized carbons (Fsp3) is 0.263. The highest BCUT2D eigenvalue weighted by molar-refractivity contribution is 5.64. The fourth-order valence-electron chi connectivity index (χ4n) is 2.30. The lowest BCUT2D eigenvalue weighted by Gasteiger charge is -2.10.